The molecule has 0 spiro atoms. The molecule has 0 aliphatic carbocycles. The molecular formula is C13H17F3N2O3S. The lowest BCUT2D eigenvalue weighted by atomic mass is 9.81. The fraction of sp³-hybridized carbons (Fsp3) is 0.769. The summed E-state index contributed by atoms with van der Waals surface area (Å²) in [7, 11) is -3.73. The Kier molecular flexibility index (Phi) is 3.56. The molecule has 1 aromatic heterocycles. The highest BCUT2D eigenvalue weighted by Gasteiger charge is 2.67. The van der Waals surface area contributed by atoms with E-state index in [1.165, 1.54) is 11.2 Å². The van der Waals surface area contributed by atoms with Crippen molar-refractivity contribution in [2.75, 3.05) is 18.8 Å². The van der Waals surface area contributed by atoms with Crippen LogP contribution in [0.2, 0.25) is 0 Å². The van der Waals surface area contributed by atoms with Gasteiger partial charge in [0.1, 0.15) is 12.0 Å². The van der Waals surface area contributed by atoms with Crippen LogP contribution in [0.15, 0.2) is 10.8 Å². The lowest BCUT2D eigenvalue weighted by Gasteiger charge is -2.39. The van der Waals surface area contributed by atoms with Gasteiger partial charge in [-0.3, -0.25) is 4.90 Å². The summed E-state index contributed by atoms with van der Waals surface area (Å²) >= 11 is 0. The first-order valence-corrected chi connectivity index (χ1v) is 8.78. The largest absolute Gasteiger partial charge is 0.397 e. The maximum atomic E-state index is 13.6. The van der Waals surface area contributed by atoms with Gasteiger partial charge in [-0.15, -0.1) is 0 Å². The van der Waals surface area contributed by atoms with E-state index in [0.717, 1.165) is 5.56 Å². The highest BCUT2D eigenvalue weighted by molar-refractivity contribution is 7.92. The minimum absolute atomic E-state index is 0.0647. The summed E-state index contributed by atoms with van der Waals surface area (Å²) in [4.78, 5) is 1.53. The van der Waals surface area contributed by atoms with Gasteiger partial charge in [-0.25, -0.2) is 8.42 Å². The average molecular weight is 338 g/mol. The number of nitrogens with zero attached hydrogens (tertiary/aromatic N) is 2. The number of rotatable bonds is 2. The number of likely N-dealkylation sites (tertiary alicyclic amines) is 1. The Bertz CT molecular complexity index is 670. The summed E-state index contributed by atoms with van der Waals surface area (Å²) in [6, 6.07) is 0. The Morgan fingerprint density at radius 3 is 2.77 bits per heavy atom. The number of sulfone groups is 1. The molecule has 3 heterocycles. The smallest absolute Gasteiger partial charge is 0.364 e. The van der Waals surface area contributed by atoms with Gasteiger partial charge in [0.2, 0.25) is 0 Å². The Hall–Kier alpha value is -1.09. The quantitative estimate of drug-likeness (QED) is 0.824. The SMILES string of the molecule is Cc1conc1CN1C[C@@H]2[C@@](C(F)(F)F)(CCCS2(=O)=O)C1. The van der Waals surface area contributed by atoms with E-state index in [0.29, 0.717) is 5.69 Å². The van der Waals surface area contributed by atoms with E-state index < -0.39 is 26.7 Å². The molecule has 5 nitrogen and oxygen atoms in total. The molecule has 0 amide bonds. The first-order valence-electron chi connectivity index (χ1n) is 7.06. The summed E-state index contributed by atoms with van der Waals surface area (Å²) in [5.41, 5.74) is -0.853. The normalized spacial score (nSPS) is 32.1. The van der Waals surface area contributed by atoms with Crippen LogP contribution in [0, 0.1) is 12.3 Å². The monoisotopic (exact) mass is 338 g/mol. The van der Waals surface area contributed by atoms with E-state index in [2.05, 4.69) is 5.16 Å². The maximum Gasteiger partial charge on any atom is 0.397 e. The summed E-state index contributed by atoms with van der Waals surface area (Å²) in [6.45, 7) is 1.53. The molecule has 0 aromatic carbocycles. The van der Waals surface area contributed by atoms with Crippen molar-refractivity contribution in [2.24, 2.45) is 5.41 Å². The van der Waals surface area contributed by atoms with Crippen molar-refractivity contribution in [3.63, 3.8) is 0 Å². The molecular weight excluding hydrogens is 321 g/mol. The van der Waals surface area contributed by atoms with E-state index in [1.54, 1.807) is 6.92 Å². The molecule has 22 heavy (non-hydrogen) atoms. The molecule has 1 aromatic rings. The fourth-order valence-electron chi connectivity index (χ4n) is 3.61. The van der Waals surface area contributed by atoms with Crippen LogP contribution in [-0.4, -0.2) is 48.7 Å². The van der Waals surface area contributed by atoms with Crippen LogP contribution in [0.25, 0.3) is 0 Å². The summed E-state index contributed by atoms with van der Waals surface area (Å²) in [5, 5.41) is 2.40. The minimum Gasteiger partial charge on any atom is -0.364 e. The highest BCUT2D eigenvalue weighted by atomic mass is 32.2. The summed E-state index contributed by atoms with van der Waals surface area (Å²) < 4.78 is 70.0. The number of hydrogen-bond acceptors (Lipinski definition) is 5. The van der Waals surface area contributed by atoms with Crippen molar-refractivity contribution < 1.29 is 26.1 Å². The fourth-order valence-corrected chi connectivity index (χ4v) is 5.89. The maximum absolute atomic E-state index is 13.6. The first kappa shape index (κ1) is 15.8. The second kappa shape index (κ2) is 4.95. The molecule has 0 radical (unpaired) electrons. The third-order valence-electron chi connectivity index (χ3n) is 4.82. The van der Waals surface area contributed by atoms with Gasteiger partial charge in [-0.1, -0.05) is 5.16 Å². The highest BCUT2D eigenvalue weighted by Crippen LogP contribution is 2.53. The lowest BCUT2D eigenvalue weighted by molar-refractivity contribution is -0.221. The number of aryl methyl sites for hydroxylation is 1. The Morgan fingerprint density at radius 2 is 2.23 bits per heavy atom. The van der Waals surface area contributed by atoms with Gasteiger partial charge in [-0.05, 0) is 19.8 Å². The summed E-state index contributed by atoms with van der Waals surface area (Å²) in [6.07, 6.45) is -3.17. The van der Waals surface area contributed by atoms with Gasteiger partial charge < -0.3 is 4.52 Å². The van der Waals surface area contributed by atoms with E-state index >= 15 is 0 Å². The molecule has 0 N–H and O–H groups in total. The molecule has 0 bridgehead atoms. The standard InChI is InChI=1S/C13H17F3N2O3S/c1-9-7-21-17-10(9)5-18-6-11-12(8-18,13(14,15)16)3-2-4-22(11,19)20/h7,11H,2-6,8H2,1H3/t11-,12-/m1/s1. The van der Waals surface area contributed by atoms with Crippen LogP contribution in [0.4, 0.5) is 13.2 Å². The average Bonchev–Trinajstić information content (AvgIpc) is 2.95. The molecule has 2 fully saturated rings. The van der Waals surface area contributed by atoms with Crippen LogP contribution >= 0.6 is 0 Å². The van der Waals surface area contributed by atoms with Crippen molar-refractivity contribution in [3.8, 4) is 0 Å². The molecule has 2 saturated heterocycles. The number of hydrogen-bond donors (Lipinski definition) is 0. The van der Waals surface area contributed by atoms with E-state index in [-0.39, 0.29) is 38.2 Å². The van der Waals surface area contributed by atoms with Gasteiger partial charge in [0.25, 0.3) is 0 Å². The van der Waals surface area contributed by atoms with Crippen LogP contribution < -0.4 is 0 Å². The van der Waals surface area contributed by atoms with Gasteiger partial charge >= 0.3 is 6.18 Å². The predicted octanol–water partition coefficient (Wildman–Crippen LogP) is 1.92. The third-order valence-corrected chi connectivity index (χ3v) is 7.14. The second-order valence-corrected chi connectivity index (χ2v) is 8.53. The van der Waals surface area contributed by atoms with Crippen LogP contribution in [-0.2, 0) is 16.4 Å². The van der Waals surface area contributed by atoms with E-state index in [4.69, 9.17) is 4.52 Å². The first-order chi connectivity index (χ1) is 10.2. The molecule has 2 aliphatic heterocycles. The topological polar surface area (TPSA) is 63.4 Å². The third kappa shape index (κ3) is 2.34. The van der Waals surface area contributed by atoms with Gasteiger partial charge in [0.15, 0.2) is 9.84 Å². The van der Waals surface area contributed by atoms with Crippen molar-refractivity contribution in [1.29, 1.82) is 0 Å². The Labute approximate surface area is 126 Å². The number of fused-ring (bicyclic) bond motifs is 1. The van der Waals surface area contributed by atoms with Gasteiger partial charge in [0.05, 0.1) is 16.4 Å². The lowest BCUT2D eigenvalue weighted by Crippen LogP contribution is -2.53. The van der Waals surface area contributed by atoms with E-state index in [9.17, 15) is 21.6 Å². The number of alkyl halides is 3. The van der Waals surface area contributed by atoms with Crippen LogP contribution in [0.1, 0.15) is 24.1 Å². The van der Waals surface area contributed by atoms with Crippen molar-refractivity contribution >= 4 is 9.84 Å². The zero-order valence-corrected chi connectivity index (χ0v) is 12.9. The minimum atomic E-state index is -4.53. The molecule has 3 rings (SSSR count). The number of aromatic nitrogens is 1. The van der Waals surface area contributed by atoms with Crippen molar-refractivity contribution in [3.05, 3.63) is 17.5 Å². The number of halogens is 3. The van der Waals surface area contributed by atoms with Gasteiger partial charge in [-0.2, -0.15) is 13.2 Å². The van der Waals surface area contributed by atoms with E-state index in [1.807, 2.05) is 0 Å². The molecule has 0 unspecified atom stereocenters. The molecule has 0 saturated carbocycles. The predicted molar refractivity (Wildman–Crippen MR) is 71.8 cm³/mol. The molecule has 124 valence electrons. The zero-order chi connectivity index (χ0) is 16.2. The molecule has 9 heteroatoms. The second-order valence-electron chi connectivity index (χ2n) is 6.23. The van der Waals surface area contributed by atoms with Crippen LogP contribution in [0.3, 0.4) is 0 Å². The summed E-state index contributed by atoms with van der Waals surface area (Å²) in [5.74, 6) is -0.160. The van der Waals surface area contributed by atoms with Gasteiger partial charge in [0, 0.05) is 25.2 Å². The zero-order valence-electron chi connectivity index (χ0n) is 12.1. The van der Waals surface area contributed by atoms with Crippen molar-refractivity contribution in [2.45, 2.75) is 37.7 Å². The van der Waals surface area contributed by atoms with Crippen molar-refractivity contribution in [1.82, 2.24) is 10.1 Å². The van der Waals surface area contributed by atoms with Crippen LogP contribution in [0.5, 0.6) is 0 Å². The molecule has 2 aliphatic rings. The Morgan fingerprint density at radius 1 is 1.50 bits per heavy atom. The molecule has 2 atom stereocenters. The Balaban J connectivity index is 1.92.